The third-order valence-electron chi connectivity index (χ3n) is 3.56. The standard InChI is InChI=1S/C16H14ClFN2O/c1-20-14-8-3-2-5-10(14)16(19-20)15(21)9-11-12(17)6-4-7-13(11)18/h2-8,15,21H,9H2,1H3. The molecule has 0 aliphatic rings. The van der Waals surface area contributed by atoms with Crippen LogP contribution < -0.4 is 0 Å². The van der Waals surface area contributed by atoms with Crippen molar-refractivity contribution in [2.45, 2.75) is 12.5 Å². The zero-order chi connectivity index (χ0) is 15.0. The molecule has 1 atom stereocenters. The van der Waals surface area contributed by atoms with Gasteiger partial charge in [0.25, 0.3) is 0 Å². The summed E-state index contributed by atoms with van der Waals surface area (Å²) >= 11 is 6.01. The number of fused-ring (bicyclic) bond motifs is 1. The first-order valence-corrected chi connectivity index (χ1v) is 6.98. The molecular formula is C16H14ClFN2O. The number of aromatic nitrogens is 2. The van der Waals surface area contributed by atoms with Gasteiger partial charge >= 0.3 is 0 Å². The van der Waals surface area contributed by atoms with Crippen LogP contribution >= 0.6 is 11.6 Å². The minimum absolute atomic E-state index is 0.0898. The average molecular weight is 305 g/mol. The topological polar surface area (TPSA) is 38.0 Å². The molecule has 0 fully saturated rings. The summed E-state index contributed by atoms with van der Waals surface area (Å²) in [5.74, 6) is -0.415. The van der Waals surface area contributed by atoms with E-state index in [4.69, 9.17) is 11.6 Å². The van der Waals surface area contributed by atoms with E-state index in [2.05, 4.69) is 5.10 Å². The Morgan fingerprint density at radius 1 is 1.24 bits per heavy atom. The molecule has 3 aromatic rings. The molecule has 108 valence electrons. The number of aliphatic hydroxyl groups excluding tert-OH is 1. The van der Waals surface area contributed by atoms with Crippen molar-refractivity contribution in [2.24, 2.45) is 7.05 Å². The van der Waals surface area contributed by atoms with Crippen molar-refractivity contribution in [1.82, 2.24) is 9.78 Å². The lowest BCUT2D eigenvalue weighted by atomic mass is 10.0. The second kappa shape index (κ2) is 5.47. The van der Waals surface area contributed by atoms with E-state index in [-0.39, 0.29) is 6.42 Å². The molecule has 0 saturated carbocycles. The highest BCUT2D eigenvalue weighted by Gasteiger charge is 2.19. The van der Waals surface area contributed by atoms with E-state index in [9.17, 15) is 9.50 Å². The molecule has 3 rings (SSSR count). The Morgan fingerprint density at radius 3 is 2.76 bits per heavy atom. The molecule has 5 heteroatoms. The zero-order valence-electron chi connectivity index (χ0n) is 11.4. The number of benzene rings is 2. The van der Waals surface area contributed by atoms with Gasteiger partial charge in [0, 0.05) is 29.4 Å². The summed E-state index contributed by atoms with van der Waals surface area (Å²) in [6.45, 7) is 0. The number of hydrogen-bond acceptors (Lipinski definition) is 2. The lowest BCUT2D eigenvalue weighted by molar-refractivity contribution is 0.173. The molecule has 1 heterocycles. The van der Waals surface area contributed by atoms with Gasteiger partial charge in [-0.1, -0.05) is 35.9 Å². The van der Waals surface area contributed by atoms with Crippen LogP contribution in [0.15, 0.2) is 42.5 Å². The second-order valence-corrected chi connectivity index (χ2v) is 5.35. The molecule has 0 aliphatic heterocycles. The van der Waals surface area contributed by atoms with E-state index in [1.54, 1.807) is 16.8 Å². The van der Waals surface area contributed by atoms with E-state index >= 15 is 0 Å². The Morgan fingerprint density at radius 2 is 2.00 bits per heavy atom. The lowest BCUT2D eigenvalue weighted by Crippen LogP contribution is -2.06. The van der Waals surface area contributed by atoms with Crippen LogP contribution in [0.4, 0.5) is 4.39 Å². The minimum Gasteiger partial charge on any atom is -0.386 e. The van der Waals surface area contributed by atoms with E-state index in [1.807, 2.05) is 31.3 Å². The maximum atomic E-state index is 13.8. The maximum Gasteiger partial charge on any atom is 0.127 e. The first-order chi connectivity index (χ1) is 10.1. The molecular weight excluding hydrogens is 291 g/mol. The Kier molecular flexibility index (Phi) is 3.66. The van der Waals surface area contributed by atoms with Crippen LogP contribution in [-0.4, -0.2) is 14.9 Å². The largest absolute Gasteiger partial charge is 0.386 e. The number of rotatable bonds is 3. The van der Waals surface area contributed by atoms with Crippen molar-refractivity contribution in [1.29, 1.82) is 0 Å². The number of nitrogens with zero attached hydrogens (tertiary/aromatic N) is 2. The Labute approximate surface area is 126 Å². The Bertz CT molecular complexity index is 780. The summed E-state index contributed by atoms with van der Waals surface area (Å²) in [4.78, 5) is 0. The van der Waals surface area contributed by atoms with Crippen LogP contribution in [0.1, 0.15) is 17.4 Å². The molecule has 1 aromatic heterocycles. The van der Waals surface area contributed by atoms with Crippen molar-refractivity contribution in [3.8, 4) is 0 Å². The molecule has 1 N–H and O–H groups in total. The van der Waals surface area contributed by atoms with Crippen LogP contribution in [0, 0.1) is 5.82 Å². The first-order valence-electron chi connectivity index (χ1n) is 6.60. The smallest absolute Gasteiger partial charge is 0.127 e. The van der Waals surface area contributed by atoms with Crippen LogP contribution in [-0.2, 0) is 13.5 Å². The predicted molar refractivity (Wildman–Crippen MR) is 80.8 cm³/mol. The normalized spacial score (nSPS) is 12.8. The molecule has 0 spiro atoms. The maximum absolute atomic E-state index is 13.8. The number of para-hydroxylation sites is 1. The van der Waals surface area contributed by atoms with Crippen LogP contribution in [0.2, 0.25) is 5.02 Å². The van der Waals surface area contributed by atoms with Gasteiger partial charge in [0.1, 0.15) is 11.9 Å². The molecule has 0 aliphatic carbocycles. The molecule has 0 saturated heterocycles. The van der Waals surface area contributed by atoms with Gasteiger partial charge in [0.2, 0.25) is 0 Å². The number of aliphatic hydroxyl groups is 1. The van der Waals surface area contributed by atoms with Gasteiger partial charge in [-0.3, -0.25) is 4.68 Å². The van der Waals surface area contributed by atoms with E-state index < -0.39 is 11.9 Å². The molecule has 0 radical (unpaired) electrons. The van der Waals surface area contributed by atoms with Gasteiger partial charge in [-0.25, -0.2) is 4.39 Å². The Balaban J connectivity index is 2.00. The summed E-state index contributed by atoms with van der Waals surface area (Å²) < 4.78 is 15.5. The van der Waals surface area contributed by atoms with Crippen molar-refractivity contribution < 1.29 is 9.50 Å². The minimum atomic E-state index is -0.912. The molecule has 3 nitrogen and oxygen atoms in total. The van der Waals surface area contributed by atoms with Gasteiger partial charge in [0.05, 0.1) is 11.2 Å². The highest BCUT2D eigenvalue weighted by Crippen LogP contribution is 2.29. The monoisotopic (exact) mass is 304 g/mol. The van der Waals surface area contributed by atoms with Crippen LogP contribution in [0.3, 0.4) is 0 Å². The summed E-state index contributed by atoms with van der Waals surface area (Å²) in [6.07, 6.45) is -0.822. The van der Waals surface area contributed by atoms with E-state index in [0.29, 0.717) is 16.3 Å². The van der Waals surface area contributed by atoms with Crippen molar-refractivity contribution in [3.05, 3.63) is 64.6 Å². The van der Waals surface area contributed by atoms with E-state index in [0.717, 1.165) is 10.9 Å². The van der Waals surface area contributed by atoms with Crippen LogP contribution in [0.25, 0.3) is 10.9 Å². The van der Waals surface area contributed by atoms with Gasteiger partial charge in [-0.05, 0) is 18.2 Å². The first kappa shape index (κ1) is 14.0. The summed E-state index contributed by atoms with van der Waals surface area (Å²) in [5.41, 5.74) is 1.76. The fourth-order valence-electron chi connectivity index (χ4n) is 2.51. The highest BCUT2D eigenvalue weighted by atomic mass is 35.5. The number of aryl methyl sites for hydroxylation is 1. The van der Waals surface area contributed by atoms with Gasteiger partial charge in [0.15, 0.2) is 0 Å². The molecule has 1 unspecified atom stereocenters. The zero-order valence-corrected chi connectivity index (χ0v) is 12.2. The summed E-state index contributed by atoms with van der Waals surface area (Å²) in [6, 6.07) is 12.1. The fourth-order valence-corrected chi connectivity index (χ4v) is 2.75. The third-order valence-corrected chi connectivity index (χ3v) is 3.92. The van der Waals surface area contributed by atoms with Gasteiger partial charge in [-0.2, -0.15) is 5.10 Å². The SMILES string of the molecule is Cn1nc(C(O)Cc2c(F)cccc2Cl)c2ccccc21. The molecule has 21 heavy (non-hydrogen) atoms. The lowest BCUT2D eigenvalue weighted by Gasteiger charge is -2.11. The van der Waals surface area contributed by atoms with Crippen molar-refractivity contribution >= 4 is 22.5 Å². The highest BCUT2D eigenvalue weighted by molar-refractivity contribution is 6.31. The molecule has 0 amide bonds. The summed E-state index contributed by atoms with van der Waals surface area (Å²) in [7, 11) is 1.81. The van der Waals surface area contributed by atoms with Gasteiger partial charge in [-0.15, -0.1) is 0 Å². The fraction of sp³-hybridized carbons (Fsp3) is 0.188. The number of halogens is 2. The summed E-state index contributed by atoms with van der Waals surface area (Å²) in [5, 5.41) is 16.0. The quantitative estimate of drug-likeness (QED) is 0.802. The molecule has 0 bridgehead atoms. The average Bonchev–Trinajstić information content (AvgIpc) is 2.81. The predicted octanol–water partition coefficient (Wildman–Crippen LogP) is 3.64. The second-order valence-electron chi connectivity index (χ2n) is 4.95. The number of hydrogen-bond donors (Lipinski definition) is 1. The van der Waals surface area contributed by atoms with Crippen molar-refractivity contribution in [2.75, 3.05) is 0 Å². The van der Waals surface area contributed by atoms with Crippen molar-refractivity contribution in [3.63, 3.8) is 0 Å². The van der Waals surface area contributed by atoms with E-state index in [1.165, 1.54) is 6.07 Å². The Hall–Kier alpha value is -1.91. The van der Waals surface area contributed by atoms with Gasteiger partial charge < -0.3 is 5.11 Å². The molecule has 2 aromatic carbocycles. The third kappa shape index (κ3) is 2.52. The van der Waals surface area contributed by atoms with Crippen LogP contribution in [0.5, 0.6) is 0 Å².